The standard InChI is InChI=1S/C39H66N2O7/c1-8-34(3,4)32(44)24-20-23(2)30-31(47-24)33(45)39(40)26-12-11-25-35(5,6)27(13-14-37(25)22-38(26,37)16-15-36(30,39)7)48-29-21-41(18-19-46-29)17-9-10-28(42)43/h23-27,29-33,44-45H,8-22,40H2,1-7H3,(H,42,43). The third-order valence-corrected chi connectivity index (χ3v) is 16.6. The summed E-state index contributed by atoms with van der Waals surface area (Å²) < 4.78 is 19.8. The molecule has 7 fully saturated rings. The second-order valence-corrected chi connectivity index (χ2v) is 19.2. The van der Waals surface area contributed by atoms with E-state index >= 15 is 0 Å². The number of ether oxygens (including phenoxy) is 3. The van der Waals surface area contributed by atoms with E-state index < -0.39 is 23.7 Å². The Morgan fingerprint density at radius 3 is 2.52 bits per heavy atom. The molecule has 2 spiro atoms. The number of aliphatic carboxylic acids is 1. The van der Waals surface area contributed by atoms with Crippen molar-refractivity contribution >= 4 is 5.97 Å². The summed E-state index contributed by atoms with van der Waals surface area (Å²) in [6.07, 6.45) is 8.13. The van der Waals surface area contributed by atoms with Gasteiger partial charge in [-0.05, 0) is 121 Å². The summed E-state index contributed by atoms with van der Waals surface area (Å²) >= 11 is 0. The van der Waals surface area contributed by atoms with E-state index in [-0.39, 0.29) is 69.9 Å². The fourth-order valence-electron chi connectivity index (χ4n) is 13.7. The van der Waals surface area contributed by atoms with Crippen LogP contribution >= 0.6 is 0 Å². The van der Waals surface area contributed by atoms with Crippen LogP contribution in [0.2, 0.25) is 0 Å². The van der Waals surface area contributed by atoms with Crippen LogP contribution in [-0.2, 0) is 19.0 Å². The lowest BCUT2D eigenvalue weighted by Gasteiger charge is -2.63. The Bertz CT molecular complexity index is 1240. The third kappa shape index (κ3) is 4.90. The van der Waals surface area contributed by atoms with Crippen LogP contribution in [0.25, 0.3) is 0 Å². The van der Waals surface area contributed by atoms with Gasteiger partial charge in [0.15, 0.2) is 6.29 Å². The molecule has 7 rings (SSSR count). The second kappa shape index (κ2) is 11.9. The molecule has 0 radical (unpaired) electrons. The Balaban J connectivity index is 1.08. The lowest BCUT2D eigenvalue weighted by Crippen LogP contribution is -2.70. The highest BCUT2D eigenvalue weighted by Crippen LogP contribution is 2.87. The molecule has 9 heteroatoms. The monoisotopic (exact) mass is 674 g/mol. The molecule has 2 aliphatic heterocycles. The first kappa shape index (κ1) is 35.6. The molecule has 5 N–H and O–H groups in total. The SMILES string of the molecule is CCC(C)(C)C(O)C1CC(C)C2C(O1)C(O)C1(N)C3CCC4C(C)(C)C(OC5CN(CCCC(=O)O)CCO5)CCC45CC35CCC21C. The van der Waals surface area contributed by atoms with Gasteiger partial charge in [-0.25, -0.2) is 0 Å². The second-order valence-electron chi connectivity index (χ2n) is 19.2. The molecule has 5 aliphatic carbocycles. The minimum atomic E-state index is -0.742. The van der Waals surface area contributed by atoms with Crippen molar-refractivity contribution in [1.29, 1.82) is 0 Å². The van der Waals surface area contributed by atoms with Crippen molar-refractivity contribution in [2.45, 2.75) is 161 Å². The van der Waals surface area contributed by atoms with Crippen molar-refractivity contribution < 1.29 is 34.3 Å². The van der Waals surface area contributed by atoms with Gasteiger partial charge in [-0.3, -0.25) is 9.69 Å². The van der Waals surface area contributed by atoms with Crippen LogP contribution in [0, 0.1) is 50.7 Å². The van der Waals surface area contributed by atoms with Crippen molar-refractivity contribution in [3.8, 4) is 0 Å². The maximum absolute atomic E-state index is 12.4. The summed E-state index contributed by atoms with van der Waals surface area (Å²) in [5.74, 6) is 0.570. The Morgan fingerprint density at radius 1 is 1.10 bits per heavy atom. The van der Waals surface area contributed by atoms with E-state index in [0.29, 0.717) is 31.4 Å². The van der Waals surface area contributed by atoms with Crippen molar-refractivity contribution in [3.05, 3.63) is 0 Å². The number of aliphatic hydroxyl groups excluding tert-OH is 2. The molecule has 274 valence electrons. The van der Waals surface area contributed by atoms with Gasteiger partial charge in [0.2, 0.25) is 0 Å². The van der Waals surface area contributed by atoms with Crippen LogP contribution in [0.15, 0.2) is 0 Å². The highest BCUT2D eigenvalue weighted by atomic mass is 16.7. The minimum Gasteiger partial charge on any atom is -0.481 e. The number of fused-ring (bicyclic) bond motifs is 4. The molecule has 7 aliphatic rings. The van der Waals surface area contributed by atoms with Gasteiger partial charge in [0.05, 0.1) is 42.7 Å². The third-order valence-electron chi connectivity index (χ3n) is 16.6. The average molecular weight is 675 g/mol. The molecular weight excluding hydrogens is 608 g/mol. The number of rotatable bonds is 9. The number of carboxylic acids is 1. The van der Waals surface area contributed by atoms with E-state index in [1.54, 1.807) is 0 Å². The number of hydrogen-bond acceptors (Lipinski definition) is 8. The fourth-order valence-corrected chi connectivity index (χ4v) is 13.7. The maximum Gasteiger partial charge on any atom is 0.303 e. The first-order valence-corrected chi connectivity index (χ1v) is 19.5. The van der Waals surface area contributed by atoms with E-state index in [0.717, 1.165) is 58.0 Å². The summed E-state index contributed by atoms with van der Waals surface area (Å²) in [4.78, 5) is 13.3. The lowest BCUT2D eigenvalue weighted by molar-refractivity contribution is -0.246. The molecule has 0 bridgehead atoms. The smallest absolute Gasteiger partial charge is 0.303 e. The number of carboxylic acid groups (broad SMARTS) is 1. The van der Waals surface area contributed by atoms with E-state index in [9.17, 15) is 15.0 Å². The van der Waals surface area contributed by atoms with Crippen LogP contribution in [0.1, 0.15) is 119 Å². The minimum absolute atomic E-state index is 0.0144. The van der Waals surface area contributed by atoms with E-state index in [1.807, 2.05) is 0 Å². The molecule has 0 aromatic carbocycles. The Labute approximate surface area is 289 Å². The molecule has 0 aromatic heterocycles. The number of aliphatic hydroxyl groups is 2. The van der Waals surface area contributed by atoms with Gasteiger partial charge < -0.3 is 35.3 Å². The maximum atomic E-state index is 12.4. The highest BCUT2D eigenvalue weighted by Gasteiger charge is 2.85. The number of carbonyl (C=O) groups is 1. The first-order valence-electron chi connectivity index (χ1n) is 19.5. The Kier molecular flexibility index (Phi) is 8.79. The number of nitrogens with two attached hydrogens (primary N) is 1. The van der Waals surface area contributed by atoms with E-state index in [2.05, 4.69) is 53.4 Å². The lowest BCUT2D eigenvalue weighted by atomic mass is 9.43. The molecule has 0 amide bonds. The molecule has 5 saturated carbocycles. The van der Waals surface area contributed by atoms with Crippen molar-refractivity contribution in [3.63, 3.8) is 0 Å². The first-order chi connectivity index (χ1) is 22.5. The molecular formula is C39H66N2O7. The molecule has 14 unspecified atom stereocenters. The molecule has 14 atom stereocenters. The van der Waals surface area contributed by atoms with E-state index in [4.69, 9.17) is 25.1 Å². The quantitative estimate of drug-likeness (QED) is 0.261. The van der Waals surface area contributed by atoms with Crippen molar-refractivity contribution in [2.75, 3.05) is 26.2 Å². The van der Waals surface area contributed by atoms with Gasteiger partial charge in [-0.2, -0.15) is 0 Å². The zero-order valence-corrected chi connectivity index (χ0v) is 30.9. The molecule has 9 nitrogen and oxygen atoms in total. The van der Waals surface area contributed by atoms with Crippen LogP contribution in [-0.4, -0.2) is 94.8 Å². The fraction of sp³-hybridized carbons (Fsp3) is 0.974. The molecule has 0 aromatic rings. The van der Waals surface area contributed by atoms with Crippen LogP contribution in [0.3, 0.4) is 0 Å². The number of morpholine rings is 1. The summed E-state index contributed by atoms with van der Waals surface area (Å²) in [5, 5.41) is 32.9. The summed E-state index contributed by atoms with van der Waals surface area (Å²) in [5.41, 5.74) is 7.02. The van der Waals surface area contributed by atoms with Gasteiger partial charge >= 0.3 is 5.97 Å². The highest BCUT2D eigenvalue weighted by molar-refractivity contribution is 5.66. The van der Waals surface area contributed by atoms with Gasteiger partial charge in [-0.1, -0.05) is 48.5 Å². The predicted octanol–water partition coefficient (Wildman–Crippen LogP) is 5.20. The van der Waals surface area contributed by atoms with Gasteiger partial charge in [0.1, 0.15) is 0 Å². The summed E-state index contributed by atoms with van der Waals surface area (Å²) in [6, 6.07) is 0. The average Bonchev–Trinajstić information content (AvgIpc) is 3.66. The van der Waals surface area contributed by atoms with Crippen molar-refractivity contribution in [1.82, 2.24) is 4.90 Å². The zero-order valence-electron chi connectivity index (χ0n) is 30.9. The largest absolute Gasteiger partial charge is 0.481 e. The van der Waals surface area contributed by atoms with Gasteiger partial charge in [-0.15, -0.1) is 0 Å². The van der Waals surface area contributed by atoms with Crippen LogP contribution in [0.5, 0.6) is 0 Å². The predicted molar refractivity (Wildman–Crippen MR) is 183 cm³/mol. The number of nitrogens with zero attached hydrogens (tertiary/aromatic N) is 1. The molecule has 2 heterocycles. The molecule has 48 heavy (non-hydrogen) atoms. The van der Waals surface area contributed by atoms with E-state index in [1.165, 1.54) is 12.8 Å². The summed E-state index contributed by atoms with van der Waals surface area (Å²) in [7, 11) is 0. The normalized spacial score (nSPS) is 50.3. The Morgan fingerprint density at radius 2 is 1.81 bits per heavy atom. The van der Waals surface area contributed by atoms with Crippen LogP contribution in [0.4, 0.5) is 0 Å². The summed E-state index contributed by atoms with van der Waals surface area (Å²) in [6.45, 7) is 18.8. The number of hydrogen-bond donors (Lipinski definition) is 4. The topological polar surface area (TPSA) is 135 Å². The van der Waals surface area contributed by atoms with Gasteiger partial charge in [0, 0.05) is 19.5 Å². The Hall–Kier alpha value is -0.810. The zero-order chi connectivity index (χ0) is 34.7. The van der Waals surface area contributed by atoms with Crippen molar-refractivity contribution in [2.24, 2.45) is 56.5 Å². The van der Waals surface area contributed by atoms with Crippen LogP contribution < -0.4 is 5.73 Å². The van der Waals surface area contributed by atoms with Gasteiger partial charge in [0.25, 0.3) is 0 Å². The molecule has 2 saturated heterocycles.